The van der Waals surface area contributed by atoms with Gasteiger partial charge in [-0.1, -0.05) is 70.0 Å². The fourth-order valence-corrected chi connectivity index (χ4v) is 3.40. The molecule has 2 aromatic rings. The van der Waals surface area contributed by atoms with Crippen LogP contribution in [0.15, 0.2) is 36.4 Å². The second-order valence-corrected chi connectivity index (χ2v) is 6.64. The van der Waals surface area contributed by atoms with E-state index in [9.17, 15) is 8.78 Å². The van der Waals surface area contributed by atoms with Gasteiger partial charge in [-0.15, -0.1) is 0 Å². The fraction of sp³-hybridized carbons (Fsp3) is 0.455. The van der Waals surface area contributed by atoms with E-state index in [4.69, 9.17) is 0 Å². The molecule has 2 heteroatoms. The number of benzene rings is 2. The quantitative estimate of drug-likeness (QED) is 0.543. The van der Waals surface area contributed by atoms with Crippen LogP contribution in [-0.2, 0) is 0 Å². The summed E-state index contributed by atoms with van der Waals surface area (Å²) in [6, 6.07) is 11.3. The summed E-state index contributed by atoms with van der Waals surface area (Å²) in [6.45, 7) is 7.89. The Balaban J connectivity index is 0.00000100. The van der Waals surface area contributed by atoms with Crippen LogP contribution in [0, 0.1) is 24.5 Å². The van der Waals surface area contributed by atoms with Gasteiger partial charge in [-0.2, -0.15) is 0 Å². The third kappa shape index (κ3) is 4.03. The van der Waals surface area contributed by atoms with Gasteiger partial charge < -0.3 is 0 Å². The Morgan fingerprint density at radius 1 is 0.792 bits per heavy atom. The second kappa shape index (κ2) is 8.41. The summed E-state index contributed by atoms with van der Waals surface area (Å²) in [5.41, 5.74) is 2.74. The van der Waals surface area contributed by atoms with Gasteiger partial charge in [-0.3, -0.25) is 0 Å². The number of halogens is 2. The topological polar surface area (TPSA) is 0 Å². The standard InChI is InChI=1S/C20H22F2.C2H6/c1-13-3-6-15(7-4-13)16-8-10-17(11-9-16)18-12-5-14(2)19(21)20(18)22;1-2/h5,8-13,15H,3-4,6-7H2,1-2H3;1-2H3. The molecule has 0 saturated heterocycles. The summed E-state index contributed by atoms with van der Waals surface area (Å²) in [5.74, 6) is -0.0490. The summed E-state index contributed by atoms with van der Waals surface area (Å²) >= 11 is 0. The largest absolute Gasteiger partial charge is 0.203 e. The molecule has 0 atom stereocenters. The molecule has 0 bridgehead atoms. The summed E-state index contributed by atoms with van der Waals surface area (Å²) in [6.07, 6.45) is 5.02. The molecule has 24 heavy (non-hydrogen) atoms. The first kappa shape index (κ1) is 18.6. The molecule has 0 amide bonds. The number of aryl methyl sites for hydroxylation is 1. The first-order valence-corrected chi connectivity index (χ1v) is 9.11. The van der Waals surface area contributed by atoms with E-state index in [2.05, 4.69) is 19.1 Å². The molecule has 1 fully saturated rings. The van der Waals surface area contributed by atoms with Gasteiger partial charge in [0.1, 0.15) is 0 Å². The van der Waals surface area contributed by atoms with Crippen molar-refractivity contribution in [2.75, 3.05) is 0 Å². The molecule has 0 aromatic heterocycles. The van der Waals surface area contributed by atoms with E-state index < -0.39 is 11.6 Å². The maximum absolute atomic E-state index is 14.1. The lowest BCUT2D eigenvalue weighted by molar-refractivity contribution is 0.348. The van der Waals surface area contributed by atoms with Gasteiger partial charge in [0.25, 0.3) is 0 Å². The van der Waals surface area contributed by atoms with Crippen LogP contribution in [0.3, 0.4) is 0 Å². The van der Waals surface area contributed by atoms with Crippen molar-refractivity contribution in [3.8, 4) is 11.1 Å². The van der Waals surface area contributed by atoms with Crippen molar-refractivity contribution in [3.63, 3.8) is 0 Å². The summed E-state index contributed by atoms with van der Waals surface area (Å²) in [5, 5.41) is 0. The zero-order chi connectivity index (χ0) is 17.7. The Hall–Kier alpha value is -1.70. The molecule has 0 aliphatic heterocycles. The summed E-state index contributed by atoms with van der Waals surface area (Å²) in [7, 11) is 0. The molecule has 1 aliphatic rings. The number of hydrogen-bond acceptors (Lipinski definition) is 0. The smallest absolute Gasteiger partial charge is 0.166 e. The highest BCUT2D eigenvalue weighted by Gasteiger charge is 2.20. The molecular weight excluding hydrogens is 302 g/mol. The molecule has 0 unspecified atom stereocenters. The molecule has 0 N–H and O–H groups in total. The Morgan fingerprint density at radius 3 is 1.96 bits per heavy atom. The molecule has 0 heterocycles. The van der Waals surface area contributed by atoms with Crippen molar-refractivity contribution in [1.82, 2.24) is 0 Å². The van der Waals surface area contributed by atoms with Crippen LogP contribution in [0.5, 0.6) is 0 Å². The molecule has 0 nitrogen and oxygen atoms in total. The molecule has 3 rings (SSSR count). The molecule has 0 radical (unpaired) electrons. The molecule has 1 aliphatic carbocycles. The van der Waals surface area contributed by atoms with Crippen molar-refractivity contribution in [3.05, 3.63) is 59.2 Å². The van der Waals surface area contributed by atoms with Gasteiger partial charge in [0.15, 0.2) is 11.6 Å². The zero-order valence-electron chi connectivity index (χ0n) is 15.2. The lowest BCUT2D eigenvalue weighted by atomic mass is 9.79. The maximum atomic E-state index is 14.1. The molecule has 130 valence electrons. The van der Waals surface area contributed by atoms with E-state index in [1.165, 1.54) is 31.2 Å². The Kier molecular flexibility index (Phi) is 6.53. The van der Waals surface area contributed by atoms with Gasteiger partial charge in [-0.25, -0.2) is 8.78 Å². The average molecular weight is 330 g/mol. The van der Waals surface area contributed by atoms with E-state index in [1.54, 1.807) is 19.1 Å². The molecule has 1 saturated carbocycles. The third-order valence-corrected chi connectivity index (χ3v) is 4.98. The van der Waals surface area contributed by atoms with Crippen LogP contribution in [0.25, 0.3) is 11.1 Å². The van der Waals surface area contributed by atoms with Crippen molar-refractivity contribution >= 4 is 0 Å². The van der Waals surface area contributed by atoms with Crippen molar-refractivity contribution in [1.29, 1.82) is 0 Å². The monoisotopic (exact) mass is 330 g/mol. The normalized spacial score (nSPS) is 20.2. The van der Waals surface area contributed by atoms with Crippen LogP contribution < -0.4 is 0 Å². The van der Waals surface area contributed by atoms with Crippen LogP contribution in [0.4, 0.5) is 8.78 Å². The fourth-order valence-electron chi connectivity index (χ4n) is 3.40. The van der Waals surface area contributed by atoms with Gasteiger partial charge in [-0.05, 0) is 48.3 Å². The van der Waals surface area contributed by atoms with Gasteiger partial charge in [0.05, 0.1) is 0 Å². The van der Waals surface area contributed by atoms with Gasteiger partial charge in [0.2, 0.25) is 0 Å². The van der Waals surface area contributed by atoms with Crippen molar-refractivity contribution in [2.24, 2.45) is 5.92 Å². The van der Waals surface area contributed by atoms with E-state index in [1.807, 2.05) is 26.0 Å². The Morgan fingerprint density at radius 2 is 1.38 bits per heavy atom. The Bertz CT molecular complexity index is 650. The second-order valence-electron chi connectivity index (χ2n) is 6.64. The van der Waals surface area contributed by atoms with Gasteiger partial charge in [0, 0.05) is 5.56 Å². The highest BCUT2D eigenvalue weighted by atomic mass is 19.2. The van der Waals surface area contributed by atoms with E-state index >= 15 is 0 Å². The molecular formula is C22H28F2. The number of rotatable bonds is 2. The summed E-state index contributed by atoms with van der Waals surface area (Å²) in [4.78, 5) is 0. The SMILES string of the molecule is CC.Cc1ccc(-c2ccc(C3CCC(C)CC3)cc2)c(F)c1F. The lowest BCUT2D eigenvalue weighted by Gasteiger charge is -2.26. The van der Waals surface area contributed by atoms with Crippen LogP contribution in [0.2, 0.25) is 0 Å². The Labute approximate surface area is 144 Å². The van der Waals surface area contributed by atoms with Gasteiger partial charge >= 0.3 is 0 Å². The lowest BCUT2D eigenvalue weighted by Crippen LogP contribution is -2.10. The predicted molar refractivity (Wildman–Crippen MR) is 98.3 cm³/mol. The first-order chi connectivity index (χ1) is 11.6. The average Bonchev–Trinajstić information content (AvgIpc) is 2.63. The molecule has 0 spiro atoms. The summed E-state index contributed by atoms with van der Waals surface area (Å²) < 4.78 is 27.8. The highest BCUT2D eigenvalue weighted by molar-refractivity contribution is 5.65. The third-order valence-electron chi connectivity index (χ3n) is 4.98. The minimum atomic E-state index is -0.751. The van der Waals surface area contributed by atoms with E-state index in [-0.39, 0.29) is 0 Å². The van der Waals surface area contributed by atoms with Crippen LogP contribution in [-0.4, -0.2) is 0 Å². The predicted octanol–water partition coefficient (Wildman–Crippen LogP) is 7.26. The highest BCUT2D eigenvalue weighted by Crippen LogP contribution is 2.36. The zero-order valence-corrected chi connectivity index (χ0v) is 15.2. The van der Waals surface area contributed by atoms with E-state index in [0.29, 0.717) is 17.0 Å². The van der Waals surface area contributed by atoms with Crippen LogP contribution >= 0.6 is 0 Å². The maximum Gasteiger partial charge on any atom is 0.166 e. The van der Waals surface area contributed by atoms with Crippen molar-refractivity contribution < 1.29 is 8.78 Å². The minimum Gasteiger partial charge on any atom is -0.203 e. The number of hydrogen-bond donors (Lipinski definition) is 0. The van der Waals surface area contributed by atoms with Crippen LogP contribution in [0.1, 0.15) is 63.5 Å². The van der Waals surface area contributed by atoms with E-state index in [0.717, 1.165) is 11.5 Å². The molecule has 2 aromatic carbocycles. The minimum absolute atomic E-state index is 0.340. The van der Waals surface area contributed by atoms with Crippen molar-refractivity contribution in [2.45, 2.75) is 59.3 Å². The first-order valence-electron chi connectivity index (χ1n) is 9.11.